The van der Waals surface area contributed by atoms with Crippen LogP contribution in [0.1, 0.15) is 45.7 Å². The minimum absolute atomic E-state index is 0.0679. The molecule has 0 saturated heterocycles. The van der Waals surface area contributed by atoms with Crippen LogP contribution in [0.4, 0.5) is 5.69 Å². The van der Waals surface area contributed by atoms with Crippen LogP contribution in [-0.4, -0.2) is 10.9 Å². The Labute approximate surface area is 159 Å². The van der Waals surface area contributed by atoms with Crippen molar-refractivity contribution in [1.29, 1.82) is 0 Å². The minimum atomic E-state index is -0.0923. The zero-order chi connectivity index (χ0) is 18.8. The van der Waals surface area contributed by atoms with Crippen LogP contribution in [0.5, 0.6) is 0 Å². The first-order valence-electron chi connectivity index (χ1n) is 9.25. The van der Waals surface area contributed by atoms with E-state index in [2.05, 4.69) is 45.5 Å². The fourth-order valence-electron chi connectivity index (χ4n) is 3.46. The Balaban J connectivity index is 1.47. The highest BCUT2D eigenvalue weighted by atomic mass is 16.1. The number of hydrogen-bond donors (Lipinski definition) is 1. The number of hydrogen-bond acceptors (Lipinski definition) is 3. The number of amides is 1. The number of carbonyl (C=O) groups excluding carboxylic acids is 1. The first kappa shape index (κ1) is 17.3. The maximum absolute atomic E-state index is 12.7. The van der Waals surface area contributed by atoms with Gasteiger partial charge in [-0.1, -0.05) is 36.4 Å². The lowest BCUT2D eigenvalue weighted by Gasteiger charge is -2.19. The first-order chi connectivity index (χ1) is 13.1. The number of nitrogens with zero attached hydrogens (tertiary/aromatic N) is 2. The van der Waals surface area contributed by atoms with Gasteiger partial charge < -0.3 is 10.2 Å². The van der Waals surface area contributed by atoms with E-state index >= 15 is 0 Å². The molecule has 1 aromatic heterocycles. The van der Waals surface area contributed by atoms with Gasteiger partial charge in [-0.25, -0.2) is 0 Å². The summed E-state index contributed by atoms with van der Waals surface area (Å²) in [7, 11) is 0. The van der Waals surface area contributed by atoms with Crippen LogP contribution in [-0.2, 0) is 13.1 Å². The van der Waals surface area contributed by atoms with Gasteiger partial charge in [-0.3, -0.25) is 9.78 Å². The molecule has 4 nitrogen and oxygen atoms in total. The van der Waals surface area contributed by atoms with Gasteiger partial charge in [0.25, 0.3) is 5.91 Å². The topological polar surface area (TPSA) is 45.2 Å². The molecule has 0 fully saturated rings. The van der Waals surface area contributed by atoms with E-state index in [0.29, 0.717) is 5.56 Å². The van der Waals surface area contributed by atoms with Gasteiger partial charge in [0.05, 0.1) is 6.04 Å². The van der Waals surface area contributed by atoms with Crippen LogP contribution >= 0.6 is 0 Å². The Kier molecular flexibility index (Phi) is 4.63. The fraction of sp³-hybridized carbons (Fsp3) is 0.217. The van der Waals surface area contributed by atoms with E-state index in [-0.39, 0.29) is 11.9 Å². The molecule has 27 heavy (non-hydrogen) atoms. The van der Waals surface area contributed by atoms with Gasteiger partial charge in [-0.15, -0.1) is 0 Å². The second kappa shape index (κ2) is 7.23. The summed E-state index contributed by atoms with van der Waals surface area (Å²) in [4.78, 5) is 19.3. The van der Waals surface area contributed by atoms with Crippen molar-refractivity contribution in [3.8, 4) is 0 Å². The van der Waals surface area contributed by atoms with Crippen molar-refractivity contribution in [2.45, 2.75) is 33.0 Å². The highest BCUT2D eigenvalue weighted by Gasteiger charge is 2.20. The molecule has 1 amide bonds. The van der Waals surface area contributed by atoms with Crippen LogP contribution in [0.3, 0.4) is 0 Å². The predicted octanol–water partition coefficient (Wildman–Crippen LogP) is 4.40. The number of aromatic nitrogens is 1. The maximum Gasteiger partial charge on any atom is 0.251 e. The van der Waals surface area contributed by atoms with Crippen LogP contribution in [0.25, 0.3) is 0 Å². The highest BCUT2D eigenvalue weighted by Crippen LogP contribution is 2.28. The van der Waals surface area contributed by atoms with Crippen molar-refractivity contribution in [2.24, 2.45) is 0 Å². The second-order valence-electron chi connectivity index (χ2n) is 7.10. The molecule has 2 aromatic carbocycles. The van der Waals surface area contributed by atoms with E-state index in [0.717, 1.165) is 30.0 Å². The molecule has 0 radical (unpaired) electrons. The average Bonchev–Trinajstić information content (AvgIpc) is 3.13. The van der Waals surface area contributed by atoms with E-state index in [1.807, 2.05) is 50.4 Å². The number of pyridine rings is 1. The molecule has 1 aliphatic heterocycles. The Morgan fingerprint density at radius 2 is 1.78 bits per heavy atom. The Morgan fingerprint density at radius 3 is 2.44 bits per heavy atom. The van der Waals surface area contributed by atoms with Crippen LogP contribution < -0.4 is 10.2 Å². The summed E-state index contributed by atoms with van der Waals surface area (Å²) in [5, 5.41) is 3.07. The van der Waals surface area contributed by atoms with Crippen molar-refractivity contribution in [2.75, 3.05) is 4.90 Å². The summed E-state index contributed by atoms with van der Waals surface area (Å²) in [6.45, 7) is 5.69. The monoisotopic (exact) mass is 357 g/mol. The molecular formula is C23H23N3O. The Hall–Kier alpha value is -3.14. The summed E-state index contributed by atoms with van der Waals surface area (Å²) in [5.41, 5.74) is 6.43. The van der Waals surface area contributed by atoms with Crippen molar-refractivity contribution in [3.63, 3.8) is 0 Å². The maximum atomic E-state index is 12.7. The fourth-order valence-corrected chi connectivity index (χ4v) is 3.46. The summed E-state index contributed by atoms with van der Waals surface area (Å²) < 4.78 is 0. The summed E-state index contributed by atoms with van der Waals surface area (Å²) in [6, 6.07) is 20.2. The molecule has 0 spiro atoms. The highest BCUT2D eigenvalue weighted by molar-refractivity contribution is 5.95. The molecule has 4 rings (SSSR count). The Morgan fingerprint density at radius 1 is 1.04 bits per heavy atom. The molecule has 0 saturated carbocycles. The molecule has 136 valence electrons. The van der Waals surface area contributed by atoms with Crippen LogP contribution in [0.15, 0.2) is 66.9 Å². The van der Waals surface area contributed by atoms with Gasteiger partial charge in [0.15, 0.2) is 0 Å². The van der Waals surface area contributed by atoms with E-state index < -0.39 is 0 Å². The molecule has 0 aliphatic carbocycles. The quantitative estimate of drug-likeness (QED) is 0.753. The van der Waals surface area contributed by atoms with E-state index in [1.54, 1.807) is 0 Å². The standard InChI is InChI=1S/C23H23N3O/c1-16-10-11-19(13-24-16)17(2)25-23(27)18-8-5-9-22(12-18)26-14-20-6-3-4-7-21(20)15-26/h3-13,17H,14-15H2,1-2H3,(H,25,27). The summed E-state index contributed by atoms with van der Waals surface area (Å²) in [6.07, 6.45) is 1.82. The number of benzene rings is 2. The lowest BCUT2D eigenvalue weighted by atomic mass is 10.1. The number of anilines is 1. The predicted molar refractivity (Wildman–Crippen MR) is 108 cm³/mol. The van der Waals surface area contributed by atoms with Gasteiger partial charge in [-0.05, 0) is 54.8 Å². The zero-order valence-corrected chi connectivity index (χ0v) is 15.6. The third-order valence-corrected chi connectivity index (χ3v) is 5.10. The molecule has 4 heteroatoms. The van der Waals surface area contributed by atoms with Crippen LogP contribution in [0, 0.1) is 6.92 Å². The lowest BCUT2D eigenvalue weighted by Crippen LogP contribution is -2.27. The molecule has 2 heterocycles. The van der Waals surface area contributed by atoms with E-state index in [1.165, 1.54) is 11.1 Å². The molecule has 1 atom stereocenters. The van der Waals surface area contributed by atoms with Gasteiger partial charge >= 0.3 is 0 Å². The van der Waals surface area contributed by atoms with Crippen LogP contribution in [0.2, 0.25) is 0 Å². The second-order valence-corrected chi connectivity index (χ2v) is 7.10. The number of nitrogens with one attached hydrogen (secondary N) is 1. The van der Waals surface area contributed by atoms with Crippen molar-refractivity contribution < 1.29 is 4.79 Å². The number of carbonyl (C=O) groups is 1. The largest absolute Gasteiger partial charge is 0.363 e. The van der Waals surface area contributed by atoms with E-state index in [4.69, 9.17) is 0 Å². The molecule has 1 aliphatic rings. The number of rotatable bonds is 4. The molecule has 0 bridgehead atoms. The minimum Gasteiger partial charge on any atom is -0.363 e. The SMILES string of the molecule is Cc1ccc(C(C)NC(=O)c2cccc(N3Cc4ccccc4C3)c2)cn1. The van der Waals surface area contributed by atoms with Crippen molar-refractivity contribution in [3.05, 3.63) is 94.8 Å². The van der Waals surface area contributed by atoms with Gasteiger partial charge in [0.2, 0.25) is 0 Å². The van der Waals surface area contributed by atoms with Gasteiger partial charge in [0.1, 0.15) is 0 Å². The zero-order valence-electron chi connectivity index (χ0n) is 15.6. The van der Waals surface area contributed by atoms with Crippen molar-refractivity contribution in [1.82, 2.24) is 10.3 Å². The number of fused-ring (bicyclic) bond motifs is 1. The number of aryl methyl sites for hydroxylation is 1. The average molecular weight is 357 g/mol. The smallest absolute Gasteiger partial charge is 0.251 e. The van der Waals surface area contributed by atoms with E-state index in [9.17, 15) is 4.79 Å². The van der Waals surface area contributed by atoms with Gasteiger partial charge in [-0.2, -0.15) is 0 Å². The lowest BCUT2D eigenvalue weighted by molar-refractivity contribution is 0.0940. The van der Waals surface area contributed by atoms with Gasteiger partial charge in [0, 0.05) is 36.2 Å². The normalized spacial score (nSPS) is 13.9. The molecule has 1 unspecified atom stereocenters. The molecule has 1 N–H and O–H groups in total. The Bertz CT molecular complexity index is 940. The first-order valence-corrected chi connectivity index (χ1v) is 9.25. The summed E-state index contributed by atoms with van der Waals surface area (Å²) in [5.74, 6) is -0.0679. The molecule has 3 aromatic rings. The summed E-state index contributed by atoms with van der Waals surface area (Å²) >= 11 is 0. The third kappa shape index (κ3) is 3.70. The third-order valence-electron chi connectivity index (χ3n) is 5.10. The molecular weight excluding hydrogens is 334 g/mol. The van der Waals surface area contributed by atoms with Crippen molar-refractivity contribution >= 4 is 11.6 Å².